The van der Waals surface area contributed by atoms with Gasteiger partial charge in [-0.3, -0.25) is 0 Å². The molecule has 1 N–H and O–H groups in total. The molecule has 0 aromatic carbocycles. The molecule has 1 rings (SSSR count). The first-order valence-corrected chi connectivity index (χ1v) is 6.80. The van der Waals surface area contributed by atoms with Gasteiger partial charge in [-0.25, -0.2) is 0 Å². The van der Waals surface area contributed by atoms with Crippen LogP contribution in [0.5, 0.6) is 0 Å². The van der Waals surface area contributed by atoms with Crippen LogP contribution in [-0.4, -0.2) is 48.2 Å². The molecule has 1 aromatic heterocycles. The van der Waals surface area contributed by atoms with Crippen molar-refractivity contribution in [2.24, 2.45) is 0 Å². The molecule has 0 unspecified atom stereocenters. The van der Waals surface area contributed by atoms with Crippen molar-refractivity contribution in [3.8, 4) is 6.07 Å². The number of rotatable bonds is 7. The molecule has 7 nitrogen and oxygen atoms in total. The highest BCUT2D eigenvalue weighted by Crippen LogP contribution is 2.17. The highest BCUT2D eigenvalue weighted by molar-refractivity contribution is 5.45. The molecule has 0 aliphatic rings. The van der Waals surface area contributed by atoms with Gasteiger partial charge in [-0.2, -0.15) is 20.2 Å². The Kier molecular flexibility index (Phi) is 5.97. The summed E-state index contributed by atoms with van der Waals surface area (Å²) < 4.78 is 0. The molecule has 0 saturated heterocycles. The average Bonchev–Trinajstić information content (AvgIpc) is 2.39. The molecule has 110 valence electrons. The Bertz CT molecular complexity index is 464. The summed E-state index contributed by atoms with van der Waals surface area (Å²) in [5.74, 6) is 1.77. The lowest BCUT2D eigenvalue weighted by Crippen LogP contribution is -2.34. The average molecular weight is 277 g/mol. The number of nitriles is 1. The topological polar surface area (TPSA) is 81.0 Å². The van der Waals surface area contributed by atoms with Crippen molar-refractivity contribution < 1.29 is 0 Å². The van der Waals surface area contributed by atoms with Crippen molar-refractivity contribution in [3.63, 3.8) is 0 Å². The van der Waals surface area contributed by atoms with Gasteiger partial charge in [0.25, 0.3) is 0 Å². The van der Waals surface area contributed by atoms with Crippen molar-refractivity contribution in [1.82, 2.24) is 15.0 Å². The maximum Gasteiger partial charge on any atom is 0.232 e. The van der Waals surface area contributed by atoms with Crippen LogP contribution in [0.4, 0.5) is 17.8 Å². The zero-order valence-electron chi connectivity index (χ0n) is 12.9. The zero-order valence-corrected chi connectivity index (χ0v) is 12.9. The van der Waals surface area contributed by atoms with E-state index < -0.39 is 0 Å². The molecule has 0 radical (unpaired) electrons. The van der Waals surface area contributed by atoms with Gasteiger partial charge in [-0.1, -0.05) is 0 Å². The first-order chi connectivity index (χ1) is 9.49. The Morgan fingerprint density at radius 3 is 2.35 bits per heavy atom. The van der Waals surface area contributed by atoms with Crippen molar-refractivity contribution in [2.45, 2.75) is 33.2 Å². The minimum atomic E-state index is 0.218. The summed E-state index contributed by atoms with van der Waals surface area (Å²) in [5, 5.41) is 11.9. The number of hydrogen-bond donors (Lipinski definition) is 1. The highest BCUT2D eigenvalue weighted by atomic mass is 15.4. The predicted octanol–water partition coefficient (Wildman–Crippen LogP) is 1.50. The standard InChI is InChI=1S/C13H23N7/c1-6-15-11-16-12(19(4)5)18-13(17-11)20(10(2)3)9-7-8-14/h10H,6-7,9H2,1-5H3,(H,15,16,17,18). The minimum Gasteiger partial charge on any atom is -0.354 e. The Balaban J connectivity index is 3.15. The van der Waals surface area contributed by atoms with Crippen LogP contribution in [0.25, 0.3) is 0 Å². The smallest absolute Gasteiger partial charge is 0.232 e. The van der Waals surface area contributed by atoms with Gasteiger partial charge in [0.15, 0.2) is 0 Å². The van der Waals surface area contributed by atoms with Gasteiger partial charge in [0.05, 0.1) is 12.5 Å². The van der Waals surface area contributed by atoms with Crippen molar-refractivity contribution in [1.29, 1.82) is 5.26 Å². The molecular formula is C13H23N7. The largest absolute Gasteiger partial charge is 0.354 e. The molecular weight excluding hydrogens is 254 g/mol. The lowest BCUT2D eigenvalue weighted by molar-refractivity contribution is 0.662. The van der Waals surface area contributed by atoms with E-state index in [0.717, 1.165) is 6.54 Å². The molecule has 0 bridgehead atoms. The second kappa shape index (κ2) is 7.48. The van der Waals surface area contributed by atoms with E-state index in [4.69, 9.17) is 5.26 Å². The predicted molar refractivity (Wildman–Crippen MR) is 81.0 cm³/mol. The second-order valence-electron chi connectivity index (χ2n) is 4.88. The summed E-state index contributed by atoms with van der Waals surface area (Å²) in [6.07, 6.45) is 0.442. The summed E-state index contributed by atoms with van der Waals surface area (Å²) in [6, 6.07) is 2.38. The Hall–Kier alpha value is -2.10. The molecule has 0 spiro atoms. The van der Waals surface area contributed by atoms with Crippen LogP contribution in [0.2, 0.25) is 0 Å². The van der Waals surface area contributed by atoms with Crippen LogP contribution in [0.3, 0.4) is 0 Å². The maximum absolute atomic E-state index is 8.78. The Morgan fingerprint density at radius 2 is 1.85 bits per heavy atom. The van der Waals surface area contributed by atoms with Gasteiger partial charge >= 0.3 is 0 Å². The molecule has 0 saturated carbocycles. The number of hydrogen-bond acceptors (Lipinski definition) is 7. The molecule has 0 aliphatic carbocycles. The lowest BCUT2D eigenvalue weighted by Gasteiger charge is -2.26. The monoisotopic (exact) mass is 277 g/mol. The van der Waals surface area contributed by atoms with E-state index in [1.54, 1.807) is 0 Å². The number of anilines is 3. The van der Waals surface area contributed by atoms with Gasteiger partial charge in [0.1, 0.15) is 0 Å². The van der Waals surface area contributed by atoms with E-state index in [0.29, 0.717) is 30.8 Å². The molecule has 1 aromatic rings. The molecule has 0 aliphatic heterocycles. The molecule has 1 heterocycles. The first kappa shape index (κ1) is 16.0. The fourth-order valence-corrected chi connectivity index (χ4v) is 1.68. The van der Waals surface area contributed by atoms with E-state index in [9.17, 15) is 0 Å². The fourth-order valence-electron chi connectivity index (χ4n) is 1.68. The number of aromatic nitrogens is 3. The Labute approximate surface area is 120 Å². The number of nitrogens with zero attached hydrogens (tertiary/aromatic N) is 6. The van der Waals surface area contributed by atoms with Crippen LogP contribution in [0.15, 0.2) is 0 Å². The summed E-state index contributed by atoms with van der Waals surface area (Å²) in [7, 11) is 3.79. The van der Waals surface area contributed by atoms with Gasteiger partial charge in [-0.15, -0.1) is 0 Å². The van der Waals surface area contributed by atoms with E-state index in [-0.39, 0.29) is 6.04 Å². The fraction of sp³-hybridized carbons (Fsp3) is 0.692. The van der Waals surface area contributed by atoms with Crippen LogP contribution in [0, 0.1) is 11.3 Å². The molecule has 0 amide bonds. The third-order valence-corrected chi connectivity index (χ3v) is 2.69. The summed E-state index contributed by atoms with van der Waals surface area (Å²) in [4.78, 5) is 17.1. The van der Waals surface area contributed by atoms with E-state index in [1.165, 1.54) is 0 Å². The van der Waals surface area contributed by atoms with E-state index in [1.807, 2.05) is 30.8 Å². The van der Waals surface area contributed by atoms with Gasteiger partial charge in [-0.05, 0) is 20.8 Å². The van der Waals surface area contributed by atoms with Crippen molar-refractivity contribution in [3.05, 3.63) is 0 Å². The minimum absolute atomic E-state index is 0.218. The van der Waals surface area contributed by atoms with E-state index >= 15 is 0 Å². The summed E-state index contributed by atoms with van der Waals surface area (Å²) in [5.41, 5.74) is 0. The van der Waals surface area contributed by atoms with E-state index in [2.05, 4.69) is 40.2 Å². The van der Waals surface area contributed by atoms with Gasteiger partial charge < -0.3 is 15.1 Å². The maximum atomic E-state index is 8.78. The van der Waals surface area contributed by atoms with Crippen LogP contribution >= 0.6 is 0 Å². The SMILES string of the molecule is CCNc1nc(N(C)C)nc(N(CCC#N)C(C)C)n1. The Morgan fingerprint density at radius 1 is 1.20 bits per heavy atom. The molecule has 0 fully saturated rings. The zero-order chi connectivity index (χ0) is 15.1. The summed E-state index contributed by atoms with van der Waals surface area (Å²) in [6.45, 7) is 7.47. The number of nitrogens with one attached hydrogen (secondary N) is 1. The highest BCUT2D eigenvalue weighted by Gasteiger charge is 2.16. The lowest BCUT2D eigenvalue weighted by atomic mass is 10.3. The van der Waals surface area contributed by atoms with Crippen LogP contribution in [-0.2, 0) is 0 Å². The summed E-state index contributed by atoms with van der Waals surface area (Å²) >= 11 is 0. The molecule has 20 heavy (non-hydrogen) atoms. The van der Waals surface area contributed by atoms with Crippen molar-refractivity contribution in [2.75, 3.05) is 42.3 Å². The van der Waals surface area contributed by atoms with Crippen molar-refractivity contribution >= 4 is 17.8 Å². The third-order valence-electron chi connectivity index (χ3n) is 2.69. The first-order valence-electron chi connectivity index (χ1n) is 6.80. The molecule has 7 heteroatoms. The van der Waals surface area contributed by atoms with Crippen LogP contribution in [0.1, 0.15) is 27.2 Å². The third kappa shape index (κ3) is 4.23. The van der Waals surface area contributed by atoms with Gasteiger partial charge in [0, 0.05) is 33.2 Å². The second-order valence-corrected chi connectivity index (χ2v) is 4.88. The quantitative estimate of drug-likeness (QED) is 0.808. The van der Waals surface area contributed by atoms with Gasteiger partial charge in [0.2, 0.25) is 17.8 Å². The molecule has 0 atom stereocenters. The normalized spacial score (nSPS) is 10.2. The van der Waals surface area contributed by atoms with Crippen LogP contribution < -0.4 is 15.1 Å².